The lowest BCUT2D eigenvalue weighted by Gasteiger charge is -2.42. The maximum atomic E-state index is 13.1. The number of carbonyl (C=O) groups excluding carboxylic acids is 1. The van der Waals surface area contributed by atoms with E-state index in [4.69, 9.17) is 0 Å². The number of nitrogens with one attached hydrogen (secondary N) is 2. The fraction of sp³-hybridized carbons (Fsp3) is 0.381. The highest BCUT2D eigenvalue weighted by Gasteiger charge is 2.35. The molecule has 2 aliphatic heterocycles. The number of rotatable bonds is 5. The second kappa shape index (κ2) is 7.61. The summed E-state index contributed by atoms with van der Waals surface area (Å²) in [4.78, 5) is 36.4. The molecule has 5 rings (SSSR count). The first kappa shape index (κ1) is 18.3. The molecule has 3 aromatic heterocycles. The van der Waals surface area contributed by atoms with Crippen LogP contribution >= 0.6 is 11.3 Å². The van der Waals surface area contributed by atoms with Crippen molar-refractivity contribution in [3.8, 4) is 0 Å². The summed E-state index contributed by atoms with van der Waals surface area (Å²) in [6.45, 7) is 3.84. The van der Waals surface area contributed by atoms with Crippen LogP contribution in [0.15, 0.2) is 47.0 Å². The molecule has 1 fully saturated rings. The van der Waals surface area contributed by atoms with E-state index in [-0.39, 0.29) is 17.0 Å². The highest BCUT2D eigenvalue weighted by atomic mass is 32.1. The van der Waals surface area contributed by atoms with Gasteiger partial charge in [0.05, 0.1) is 12.9 Å². The third-order valence-electron chi connectivity index (χ3n) is 5.88. The Morgan fingerprint density at radius 1 is 1.28 bits per heavy atom. The van der Waals surface area contributed by atoms with Crippen molar-refractivity contribution in [1.29, 1.82) is 0 Å². The van der Waals surface area contributed by atoms with Crippen LogP contribution in [0.3, 0.4) is 0 Å². The molecule has 0 aliphatic carbocycles. The molecule has 2 atom stereocenters. The van der Waals surface area contributed by atoms with Crippen LogP contribution in [0.2, 0.25) is 0 Å². The highest BCUT2D eigenvalue weighted by Crippen LogP contribution is 2.35. The van der Waals surface area contributed by atoms with Gasteiger partial charge in [0, 0.05) is 54.6 Å². The van der Waals surface area contributed by atoms with E-state index in [2.05, 4.69) is 20.2 Å². The first-order chi connectivity index (χ1) is 14.2. The van der Waals surface area contributed by atoms with Gasteiger partial charge in [-0.15, -0.1) is 11.3 Å². The molecule has 8 heteroatoms. The van der Waals surface area contributed by atoms with E-state index in [1.165, 1.54) is 0 Å². The van der Waals surface area contributed by atoms with Crippen molar-refractivity contribution in [3.63, 3.8) is 0 Å². The minimum Gasteiger partial charge on any atom is -0.347 e. The number of aromatic nitrogens is 3. The van der Waals surface area contributed by atoms with Gasteiger partial charge >= 0.3 is 0 Å². The van der Waals surface area contributed by atoms with Crippen molar-refractivity contribution in [2.75, 3.05) is 13.1 Å². The second-order valence-corrected chi connectivity index (χ2v) is 8.95. The van der Waals surface area contributed by atoms with Gasteiger partial charge in [0.2, 0.25) is 0 Å². The normalized spacial score (nSPS) is 21.0. The number of piperidine rings is 1. The van der Waals surface area contributed by atoms with Crippen LogP contribution in [0.1, 0.15) is 39.0 Å². The third-order valence-corrected chi connectivity index (χ3v) is 6.75. The Balaban J connectivity index is 1.34. The van der Waals surface area contributed by atoms with Crippen molar-refractivity contribution >= 4 is 17.2 Å². The average Bonchev–Trinajstić information content (AvgIpc) is 3.41. The summed E-state index contributed by atoms with van der Waals surface area (Å²) in [7, 11) is 0. The van der Waals surface area contributed by atoms with Gasteiger partial charge in [-0.2, -0.15) is 0 Å². The zero-order chi connectivity index (χ0) is 19.8. The van der Waals surface area contributed by atoms with Gasteiger partial charge < -0.3 is 14.9 Å². The third kappa shape index (κ3) is 3.65. The van der Waals surface area contributed by atoms with Gasteiger partial charge in [-0.1, -0.05) is 6.07 Å². The largest absolute Gasteiger partial charge is 0.347 e. The van der Waals surface area contributed by atoms with E-state index in [0.717, 1.165) is 42.3 Å². The van der Waals surface area contributed by atoms with E-state index in [1.54, 1.807) is 23.7 Å². The zero-order valence-corrected chi connectivity index (χ0v) is 16.8. The van der Waals surface area contributed by atoms with E-state index in [1.807, 2.05) is 34.3 Å². The fourth-order valence-electron chi connectivity index (χ4n) is 4.63. The maximum absolute atomic E-state index is 13.1. The highest BCUT2D eigenvalue weighted by molar-refractivity contribution is 7.09. The predicted octanol–water partition coefficient (Wildman–Crippen LogP) is 2.18. The van der Waals surface area contributed by atoms with E-state index in [9.17, 15) is 9.59 Å². The van der Waals surface area contributed by atoms with Crippen molar-refractivity contribution < 1.29 is 4.79 Å². The summed E-state index contributed by atoms with van der Waals surface area (Å²) >= 11 is 1.59. The smallest absolute Gasteiger partial charge is 0.263 e. The Morgan fingerprint density at radius 3 is 3.00 bits per heavy atom. The Labute approximate surface area is 172 Å². The summed E-state index contributed by atoms with van der Waals surface area (Å²) in [5.74, 6) is 0.447. The lowest BCUT2D eigenvalue weighted by Crippen LogP contribution is -2.47. The molecule has 1 amide bonds. The van der Waals surface area contributed by atoms with Gasteiger partial charge in [-0.25, -0.2) is 4.98 Å². The average molecular weight is 410 g/mol. The van der Waals surface area contributed by atoms with Crippen LogP contribution < -0.4 is 10.9 Å². The fourth-order valence-corrected chi connectivity index (χ4v) is 5.28. The van der Waals surface area contributed by atoms with Crippen molar-refractivity contribution in [3.05, 3.63) is 74.4 Å². The summed E-state index contributed by atoms with van der Waals surface area (Å²) in [5, 5.41) is 4.85. The van der Waals surface area contributed by atoms with Crippen LogP contribution in [-0.2, 0) is 19.6 Å². The van der Waals surface area contributed by atoms with Crippen LogP contribution in [-0.4, -0.2) is 38.4 Å². The van der Waals surface area contributed by atoms with Crippen LogP contribution in [0.25, 0.3) is 0 Å². The van der Waals surface area contributed by atoms with Gasteiger partial charge in [0.15, 0.2) is 0 Å². The Hall–Kier alpha value is -2.71. The molecule has 0 radical (unpaired) electrons. The molecule has 0 unspecified atom stereocenters. The van der Waals surface area contributed by atoms with Gasteiger partial charge in [-0.3, -0.25) is 14.5 Å². The molecule has 0 spiro atoms. The number of aromatic amines is 1. The molecular weight excluding hydrogens is 386 g/mol. The Bertz CT molecular complexity index is 1060. The lowest BCUT2D eigenvalue weighted by atomic mass is 9.83. The van der Waals surface area contributed by atoms with Crippen LogP contribution in [0.4, 0.5) is 0 Å². The number of amides is 1. The van der Waals surface area contributed by atoms with Crippen molar-refractivity contribution in [1.82, 2.24) is 24.8 Å². The lowest BCUT2D eigenvalue weighted by molar-refractivity contribution is 0.0944. The molecule has 1 saturated heterocycles. The van der Waals surface area contributed by atoms with Crippen molar-refractivity contribution in [2.45, 2.75) is 32.0 Å². The number of nitrogens with zero attached hydrogens (tertiary/aromatic N) is 3. The number of hydrogen-bond acceptors (Lipinski definition) is 5. The number of hydrogen-bond donors (Lipinski definition) is 2. The molecule has 150 valence electrons. The van der Waals surface area contributed by atoms with E-state index >= 15 is 0 Å². The summed E-state index contributed by atoms with van der Waals surface area (Å²) in [5.41, 5.74) is 2.23. The van der Waals surface area contributed by atoms with E-state index in [0.29, 0.717) is 24.9 Å². The molecule has 2 bridgehead atoms. The number of fused-ring (bicyclic) bond motifs is 4. The molecular formula is C21H23N5O2S. The van der Waals surface area contributed by atoms with Gasteiger partial charge in [0.25, 0.3) is 11.5 Å². The number of H-pyrrole nitrogens is 1. The quantitative estimate of drug-likeness (QED) is 0.677. The minimum atomic E-state index is -0.296. The van der Waals surface area contributed by atoms with Crippen LogP contribution in [0, 0.1) is 5.92 Å². The summed E-state index contributed by atoms with van der Waals surface area (Å²) < 4.78 is 1.84. The number of imidazole rings is 1. The van der Waals surface area contributed by atoms with Crippen molar-refractivity contribution in [2.24, 2.45) is 5.92 Å². The summed E-state index contributed by atoms with van der Waals surface area (Å²) in [6, 6.07) is 7.60. The number of carbonyl (C=O) groups is 1. The Kier molecular flexibility index (Phi) is 4.81. The topological polar surface area (TPSA) is 83.0 Å². The number of likely N-dealkylation sites (tertiary alicyclic amines) is 1. The summed E-state index contributed by atoms with van der Waals surface area (Å²) in [6.07, 6.45) is 4.67. The maximum Gasteiger partial charge on any atom is 0.263 e. The molecule has 0 saturated carbocycles. The molecule has 29 heavy (non-hydrogen) atoms. The molecule has 3 aromatic rings. The number of pyridine rings is 1. The Morgan fingerprint density at radius 2 is 2.21 bits per heavy atom. The SMILES string of the molecule is O=C(NCc1cccs1)c1ccc2n(c1=O)C[C@H]1C[C@@H]2CN(Cc2cnc[nH]2)C1. The van der Waals surface area contributed by atoms with E-state index < -0.39 is 0 Å². The molecule has 5 heterocycles. The second-order valence-electron chi connectivity index (χ2n) is 7.92. The first-order valence-corrected chi connectivity index (χ1v) is 10.8. The monoisotopic (exact) mass is 409 g/mol. The first-order valence-electron chi connectivity index (χ1n) is 9.91. The van der Waals surface area contributed by atoms with Gasteiger partial charge in [0.1, 0.15) is 5.56 Å². The minimum absolute atomic E-state index is 0.164. The predicted molar refractivity (Wildman–Crippen MR) is 111 cm³/mol. The molecule has 2 N–H and O–H groups in total. The van der Waals surface area contributed by atoms with Crippen LogP contribution in [0.5, 0.6) is 0 Å². The molecule has 0 aromatic carbocycles. The van der Waals surface area contributed by atoms with Gasteiger partial charge in [-0.05, 0) is 35.9 Å². The molecule has 7 nitrogen and oxygen atoms in total. The molecule has 2 aliphatic rings. The zero-order valence-electron chi connectivity index (χ0n) is 16.0. The number of thiophene rings is 1. The standard InChI is InChI=1S/C21H23N5O2S/c27-20(23-8-17-2-1-5-29-17)18-3-4-19-15-6-14(10-26(19)21(18)28)9-25(11-15)12-16-7-22-13-24-16/h1-5,7,13-15H,6,8-12H2,(H,22,24)(H,23,27)/t14-,15+/m0/s1.